The molecule has 0 atom stereocenters. The van der Waals surface area contributed by atoms with Gasteiger partial charge in [0.15, 0.2) is 0 Å². The number of carbonyl (C=O) groups is 1. The van der Waals surface area contributed by atoms with E-state index in [2.05, 4.69) is 21.3 Å². The first kappa shape index (κ1) is 22.4. The summed E-state index contributed by atoms with van der Waals surface area (Å²) in [6, 6.07) is 12.2. The van der Waals surface area contributed by atoms with Gasteiger partial charge in [0, 0.05) is 40.0 Å². The Morgan fingerprint density at radius 3 is 2.61 bits per heavy atom. The second-order valence-corrected chi connectivity index (χ2v) is 11.1. The van der Waals surface area contributed by atoms with E-state index in [4.69, 9.17) is 21.7 Å². The van der Waals surface area contributed by atoms with E-state index in [0.29, 0.717) is 19.0 Å². The Morgan fingerprint density at radius 1 is 1.19 bits per heavy atom. The first-order valence-corrected chi connectivity index (χ1v) is 13.1. The summed E-state index contributed by atoms with van der Waals surface area (Å²) in [5.74, 6) is 0.0640. The molecule has 0 unspecified atom stereocenters. The number of likely N-dealkylation sites (tertiary alicyclic amines) is 1. The standard InChI is InChI=1S/C21H19BrClN3O3S2/c22-16-3-1-2-14(10-16)18-12-30-20(25-18)13-6-8-26(9-7-13)21(27)15-4-5-17(23)19(11-15)31(24,28)29/h1-5,10-13H,6-9H2,(H2,24,28,29). The molecule has 0 spiro atoms. The Morgan fingerprint density at radius 2 is 1.94 bits per heavy atom. The van der Waals surface area contributed by atoms with Crippen LogP contribution < -0.4 is 5.14 Å². The second-order valence-electron chi connectivity index (χ2n) is 7.34. The van der Waals surface area contributed by atoms with Gasteiger partial charge in [-0.1, -0.05) is 39.7 Å². The molecule has 1 saturated heterocycles. The Hall–Kier alpha value is -1.78. The lowest BCUT2D eigenvalue weighted by Crippen LogP contribution is -2.38. The van der Waals surface area contributed by atoms with Crippen LogP contribution in [0.2, 0.25) is 5.02 Å². The average Bonchev–Trinajstić information content (AvgIpc) is 3.23. The third kappa shape index (κ3) is 5.01. The first-order chi connectivity index (χ1) is 14.7. The highest BCUT2D eigenvalue weighted by Gasteiger charge is 2.27. The molecule has 1 aliphatic heterocycles. The van der Waals surface area contributed by atoms with Crippen molar-refractivity contribution in [2.24, 2.45) is 5.14 Å². The molecular weight excluding hydrogens is 522 g/mol. The van der Waals surface area contributed by atoms with Crippen LogP contribution in [0.3, 0.4) is 0 Å². The minimum Gasteiger partial charge on any atom is -0.339 e. The molecule has 1 aromatic heterocycles. The number of benzene rings is 2. The quantitative estimate of drug-likeness (QED) is 0.510. The third-order valence-corrected chi connectivity index (χ3v) is 8.15. The largest absolute Gasteiger partial charge is 0.339 e. The lowest BCUT2D eigenvalue weighted by Gasteiger charge is -2.31. The average molecular weight is 541 g/mol. The number of rotatable bonds is 4. The Kier molecular flexibility index (Phi) is 6.50. The summed E-state index contributed by atoms with van der Waals surface area (Å²) in [5, 5.41) is 8.34. The zero-order valence-electron chi connectivity index (χ0n) is 16.3. The van der Waals surface area contributed by atoms with Crippen LogP contribution in [0.1, 0.15) is 34.1 Å². The van der Waals surface area contributed by atoms with Crippen LogP contribution >= 0.6 is 38.9 Å². The maximum absolute atomic E-state index is 12.9. The number of hydrogen-bond acceptors (Lipinski definition) is 5. The van der Waals surface area contributed by atoms with Gasteiger partial charge >= 0.3 is 0 Å². The number of hydrogen-bond donors (Lipinski definition) is 1. The van der Waals surface area contributed by atoms with Crippen molar-refractivity contribution in [2.45, 2.75) is 23.7 Å². The third-order valence-electron chi connectivity index (χ3n) is 5.26. The molecule has 0 saturated carbocycles. The summed E-state index contributed by atoms with van der Waals surface area (Å²) in [5.41, 5.74) is 2.28. The fourth-order valence-electron chi connectivity index (χ4n) is 3.62. The lowest BCUT2D eigenvalue weighted by molar-refractivity contribution is 0.0712. The van der Waals surface area contributed by atoms with Gasteiger partial charge in [-0.25, -0.2) is 18.5 Å². The highest BCUT2D eigenvalue weighted by Crippen LogP contribution is 2.34. The fourth-order valence-corrected chi connectivity index (χ4v) is 6.09. The molecule has 6 nitrogen and oxygen atoms in total. The molecule has 162 valence electrons. The second kappa shape index (κ2) is 8.99. The Bertz CT molecular complexity index is 1240. The van der Waals surface area contributed by atoms with Gasteiger partial charge in [-0.3, -0.25) is 4.79 Å². The molecule has 2 N–H and O–H groups in total. The molecule has 2 aromatic carbocycles. The predicted octanol–water partition coefficient (Wildman–Crippen LogP) is 4.89. The molecule has 4 rings (SSSR count). The molecular formula is C21H19BrClN3O3S2. The van der Waals surface area contributed by atoms with E-state index in [1.54, 1.807) is 16.2 Å². The van der Waals surface area contributed by atoms with Crippen LogP contribution in [0.5, 0.6) is 0 Å². The van der Waals surface area contributed by atoms with Crippen LogP contribution in [0.15, 0.2) is 57.2 Å². The number of piperidine rings is 1. The molecule has 10 heteroatoms. The van der Waals surface area contributed by atoms with Crippen molar-refractivity contribution in [1.29, 1.82) is 0 Å². The fraction of sp³-hybridized carbons (Fsp3) is 0.238. The molecule has 1 aliphatic rings. The minimum atomic E-state index is -4.00. The number of amides is 1. The molecule has 31 heavy (non-hydrogen) atoms. The lowest BCUT2D eigenvalue weighted by atomic mass is 9.97. The van der Waals surface area contributed by atoms with E-state index < -0.39 is 10.0 Å². The molecule has 0 bridgehead atoms. The van der Waals surface area contributed by atoms with Crippen LogP contribution in [-0.4, -0.2) is 37.3 Å². The van der Waals surface area contributed by atoms with Crippen molar-refractivity contribution in [1.82, 2.24) is 9.88 Å². The monoisotopic (exact) mass is 539 g/mol. The van der Waals surface area contributed by atoms with Gasteiger partial charge in [0.25, 0.3) is 5.91 Å². The van der Waals surface area contributed by atoms with Gasteiger partial charge in [0.2, 0.25) is 10.0 Å². The number of sulfonamides is 1. The predicted molar refractivity (Wildman–Crippen MR) is 126 cm³/mol. The van der Waals surface area contributed by atoms with Gasteiger partial charge in [-0.15, -0.1) is 11.3 Å². The van der Waals surface area contributed by atoms with E-state index in [0.717, 1.165) is 33.6 Å². The van der Waals surface area contributed by atoms with Crippen molar-refractivity contribution in [3.63, 3.8) is 0 Å². The van der Waals surface area contributed by atoms with Crippen molar-refractivity contribution < 1.29 is 13.2 Å². The van der Waals surface area contributed by atoms with Crippen LogP contribution in [0.4, 0.5) is 0 Å². The number of nitrogens with zero attached hydrogens (tertiary/aromatic N) is 2. The van der Waals surface area contributed by atoms with E-state index in [9.17, 15) is 13.2 Å². The zero-order chi connectivity index (χ0) is 22.2. The maximum Gasteiger partial charge on any atom is 0.253 e. The van der Waals surface area contributed by atoms with Gasteiger partial charge in [-0.2, -0.15) is 0 Å². The zero-order valence-corrected chi connectivity index (χ0v) is 20.3. The Balaban J connectivity index is 1.44. The number of nitrogens with two attached hydrogens (primary N) is 1. The normalized spacial score (nSPS) is 15.3. The van der Waals surface area contributed by atoms with Crippen molar-refractivity contribution in [3.8, 4) is 11.3 Å². The molecule has 3 aromatic rings. The van der Waals surface area contributed by atoms with E-state index in [1.165, 1.54) is 18.2 Å². The van der Waals surface area contributed by atoms with Crippen molar-refractivity contribution >= 4 is 54.8 Å². The van der Waals surface area contributed by atoms with E-state index in [-0.39, 0.29) is 21.4 Å². The molecule has 1 fully saturated rings. The molecule has 2 heterocycles. The SMILES string of the molecule is NS(=O)(=O)c1cc(C(=O)N2CCC(c3nc(-c4cccc(Br)c4)cs3)CC2)ccc1Cl. The summed E-state index contributed by atoms with van der Waals surface area (Å²) >= 11 is 11.1. The summed E-state index contributed by atoms with van der Waals surface area (Å²) in [6.07, 6.45) is 1.60. The number of primary sulfonamides is 1. The smallest absolute Gasteiger partial charge is 0.253 e. The van der Waals surface area contributed by atoms with Crippen LogP contribution in [-0.2, 0) is 10.0 Å². The summed E-state index contributed by atoms with van der Waals surface area (Å²) in [7, 11) is -4.00. The minimum absolute atomic E-state index is 0.00257. The number of thiazole rings is 1. The molecule has 0 aliphatic carbocycles. The summed E-state index contributed by atoms with van der Waals surface area (Å²) in [4.78, 5) is 19.2. The highest BCUT2D eigenvalue weighted by atomic mass is 79.9. The van der Waals surface area contributed by atoms with Crippen molar-refractivity contribution in [3.05, 3.63) is 67.9 Å². The summed E-state index contributed by atoms with van der Waals surface area (Å²) in [6.45, 7) is 1.14. The van der Waals surface area contributed by atoms with Gasteiger partial charge in [-0.05, 0) is 43.2 Å². The van der Waals surface area contributed by atoms with Crippen LogP contribution in [0, 0.1) is 0 Å². The van der Waals surface area contributed by atoms with Gasteiger partial charge in [0.1, 0.15) is 4.90 Å². The van der Waals surface area contributed by atoms with Gasteiger partial charge in [0.05, 0.1) is 15.7 Å². The first-order valence-electron chi connectivity index (χ1n) is 9.55. The van der Waals surface area contributed by atoms with E-state index in [1.807, 2.05) is 24.3 Å². The molecule has 0 radical (unpaired) electrons. The highest BCUT2D eigenvalue weighted by molar-refractivity contribution is 9.10. The van der Waals surface area contributed by atoms with Gasteiger partial charge < -0.3 is 4.90 Å². The maximum atomic E-state index is 12.9. The Labute approximate surface area is 198 Å². The summed E-state index contributed by atoms with van der Waals surface area (Å²) < 4.78 is 24.4. The van der Waals surface area contributed by atoms with Crippen LogP contribution in [0.25, 0.3) is 11.3 Å². The number of carbonyl (C=O) groups excluding carboxylic acids is 1. The number of halogens is 2. The topological polar surface area (TPSA) is 93.4 Å². The van der Waals surface area contributed by atoms with E-state index >= 15 is 0 Å². The molecule has 1 amide bonds. The van der Waals surface area contributed by atoms with Crippen molar-refractivity contribution in [2.75, 3.05) is 13.1 Å². The number of aromatic nitrogens is 1.